The van der Waals surface area contributed by atoms with E-state index >= 15 is 0 Å². The number of nitro groups is 1. The Morgan fingerprint density at radius 1 is 1.48 bits per heavy atom. The Morgan fingerprint density at radius 3 is 2.52 bits per heavy atom. The Hall–Kier alpha value is -2.52. The van der Waals surface area contributed by atoms with Crippen molar-refractivity contribution >= 4 is 17.9 Å². The second-order valence-corrected chi connectivity index (χ2v) is 4.25. The van der Waals surface area contributed by atoms with Gasteiger partial charge in [-0.25, -0.2) is 0 Å². The molecule has 0 radical (unpaired) electrons. The zero-order valence-corrected chi connectivity index (χ0v) is 10.9. The summed E-state index contributed by atoms with van der Waals surface area (Å²) >= 11 is 0. The fraction of sp³-hybridized carbons (Fsp3) is 0.333. The first-order chi connectivity index (χ1) is 9.88. The maximum absolute atomic E-state index is 10.2. The summed E-state index contributed by atoms with van der Waals surface area (Å²) in [6, 6.07) is 3.10. The van der Waals surface area contributed by atoms with Crippen molar-refractivity contribution in [3.8, 4) is 5.75 Å². The van der Waals surface area contributed by atoms with Crippen LogP contribution in [0.2, 0.25) is 0 Å². The second-order valence-electron chi connectivity index (χ2n) is 4.25. The van der Waals surface area contributed by atoms with Crippen molar-refractivity contribution in [2.75, 3.05) is 6.54 Å². The highest BCUT2D eigenvalue weighted by Crippen LogP contribution is 2.27. The number of nitrogens with zero attached hydrogens (tertiary/aromatic N) is 2. The number of hydrogen-bond donors (Lipinski definition) is 3. The van der Waals surface area contributed by atoms with Gasteiger partial charge in [0.2, 0.25) is 5.75 Å². The average molecular weight is 298 g/mol. The van der Waals surface area contributed by atoms with E-state index in [0.29, 0.717) is 19.3 Å². The Balaban J connectivity index is 0.000000219. The van der Waals surface area contributed by atoms with Crippen LogP contribution in [0, 0.1) is 10.1 Å². The number of benzene rings is 1. The lowest BCUT2D eigenvalue weighted by atomic mass is 10.2. The molecule has 1 saturated heterocycles. The van der Waals surface area contributed by atoms with Crippen molar-refractivity contribution in [1.82, 2.24) is 5.06 Å². The van der Waals surface area contributed by atoms with Crippen LogP contribution >= 0.6 is 0 Å². The summed E-state index contributed by atoms with van der Waals surface area (Å²) in [6.45, 7) is 0.483. The monoisotopic (exact) mass is 298 g/mol. The van der Waals surface area contributed by atoms with Crippen molar-refractivity contribution in [2.24, 2.45) is 0 Å². The molecule has 1 aromatic rings. The van der Waals surface area contributed by atoms with Crippen LogP contribution in [0.4, 0.5) is 5.69 Å². The third-order valence-electron chi connectivity index (χ3n) is 2.88. The molecule has 1 fully saturated rings. The molecule has 0 amide bonds. The lowest BCUT2D eigenvalue weighted by molar-refractivity contribution is -0.385. The summed E-state index contributed by atoms with van der Waals surface area (Å²) in [5.74, 6) is -1.52. The summed E-state index contributed by atoms with van der Waals surface area (Å²) in [5, 5.41) is 37.4. The molecule has 0 aromatic heterocycles. The number of phenolic OH excluding ortho intramolecular Hbond substituents is 1. The van der Waals surface area contributed by atoms with Crippen LogP contribution in [0.3, 0.4) is 0 Å². The zero-order valence-electron chi connectivity index (χ0n) is 10.9. The zero-order chi connectivity index (χ0) is 16.0. The van der Waals surface area contributed by atoms with E-state index < -0.39 is 28.4 Å². The number of para-hydroxylation sites is 1. The smallest absolute Gasteiger partial charge is 0.323 e. The molecule has 2 rings (SSSR count). The number of aliphatic carboxylic acids is 1. The minimum atomic E-state index is -0.935. The van der Waals surface area contributed by atoms with Crippen LogP contribution in [0.25, 0.3) is 0 Å². The van der Waals surface area contributed by atoms with Crippen LogP contribution in [0.15, 0.2) is 18.2 Å². The molecule has 0 saturated carbocycles. The van der Waals surface area contributed by atoms with Crippen molar-refractivity contribution in [1.29, 1.82) is 0 Å². The molecule has 1 heterocycles. The van der Waals surface area contributed by atoms with Gasteiger partial charge in [-0.1, -0.05) is 6.07 Å². The number of phenols is 1. The van der Waals surface area contributed by atoms with Gasteiger partial charge < -0.3 is 15.4 Å². The number of rotatable bonds is 3. The maximum atomic E-state index is 10.2. The van der Waals surface area contributed by atoms with Gasteiger partial charge in [0.05, 0.1) is 10.5 Å². The predicted molar refractivity (Wildman–Crippen MR) is 69.3 cm³/mol. The molecule has 9 heteroatoms. The lowest BCUT2D eigenvalue weighted by Crippen LogP contribution is -2.32. The third-order valence-corrected chi connectivity index (χ3v) is 2.88. The standard InChI is InChI=1S/C7H5NO4.C5H9NO3/c9-4-5-2-1-3-6(7(5)10)8(11)12;7-5(8)4-2-1-3-6(4)9/h1-4,10H;4,9H,1-3H2,(H,7,8)/t;4-/m.0/s1. The SMILES string of the molecule is O=C(O)[C@@H]1CCCN1O.O=Cc1cccc([N+](=O)[O-])c1O. The quantitative estimate of drug-likeness (QED) is 0.427. The van der Waals surface area contributed by atoms with Gasteiger partial charge in [0.1, 0.15) is 6.04 Å². The maximum Gasteiger partial charge on any atom is 0.323 e. The molecule has 0 spiro atoms. The number of carbonyl (C=O) groups is 2. The molecule has 9 nitrogen and oxygen atoms in total. The van der Waals surface area contributed by atoms with Crippen LogP contribution in [0.1, 0.15) is 23.2 Å². The minimum Gasteiger partial charge on any atom is -0.502 e. The fourth-order valence-electron chi connectivity index (χ4n) is 1.79. The van der Waals surface area contributed by atoms with Crippen LogP contribution < -0.4 is 0 Å². The van der Waals surface area contributed by atoms with Crippen molar-refractivity contribution < 1.29 is 29.9 Å². The van der Waals surface area contributed by atoms with E-state index in [1.165, 1.54) is 12.1 Å². The van der Waals surface area contributed by atoms with Gasteiger partial charge in [-0.2, -0.15) is 5.06 Å². The summed E-state index contributed by atoms with van der Waals surface area (Å²) in [5.41, 5.74) is -0.538. The number of carboxylic acid groups (broad SMARTS) is 1. The first kappa shape index (κ1) is 16.5. The molecule has 114 valence electrons. The van der Waals surface area contributed by atoms with E-state index in [1.54, 1.807) is 0 Å². The summed E-state index contributed by atoms with van der Waals surface area (Å²) in [7, 11) is 0. The molecule has 1 atom stereocenters. The average Bonchev–Trinajstić information content (AvgIpc) is 2.86. The van der Waals surface area contributed by atoms with Gasteiger partial charge in [0, 0.05) is 12.6 Å². The number of nitro benzene ring substituents is 1. The first-order valence-corrected chi connectivity index (χ1v) is 5.98. The number of hydrogen-bond acceptors (Lipinski definition) is 7. The normalized spacial score (nSPS) is 17.7. The molecular weight excluding hydrogens is 284 g/mol. The number of carbonyl (C=O) groups excluding carboxylic acids is 1. The largest absolute Gasteiger partial charge is 0.502 e. The second kappa shape index (κ2) is 7.31. The van der Waals surface area contributed by atoms with Crippen LogP contribution in [-0.4, -0.2) is 50.2 Å². The Kier molecular flexibility index (Phi) is 5.76. The molecule has 1 aromatic carbocycles. The van der Waals surface area contributed by atoms with Crippen LogP contribution in [0.5, 0.6) is 5.75 Å². The van der Waals surface area contributed by atoms with Gasteiger partial charge in [0.25, 0.3) is 0 Å². The van der Waals surface area contributed by atoms with Crippen molar-refractivity contribution in [3.63, 3.8) is 0 Å². The molecule has 0 aliphatic carbocycles. The molecular formula is C12H14N2O7. The predicted octanol–water partition coefficient (Wildman–Crippen LogP) is 1.04. The van der Waals surface area contributed by atoms with E-state index in [1.807, 2.05) is 0 Å². The van der Waals surface area contributed by atoms with Gasteiger partial charge in [0.15, 0.2) is 6.29 Å². The number of aromatic hydroxyl groups is 1. The molecule has 0 unspecified atom stereocenters. The molecule has 0 bridgehead atoms. The molecule has 21 heavy (non-hydrogen) atoms. The number of hydroxylamine groups is 2. The Bertz CT molecular complexity index is 546. The van der Waals surface area contributed by atoms with E-state index in [2.05, 4.69) is 0 Å². The fourth-order valence-corrected chi connectivity index (χ4v) is 1.79. The highest BCUT2D eigenvalue weighted by molar-refractivity contribution is 5.81. The first-order valence-electron chi connectivity index (χ1n) is 5.98. The Labute approximate surface area is 119 Å². The van der Waals surface area contributed by atoms with Gasteiger partial charge in [-0.3, -0.25) is 19.7 Å². The van der Waals surface area contributed by atoms with Gasteiger partial charge in [-0.05, 0) is 18.9 Å². The number of carboxylic acids is 1. The van der Waals surface area contributed by atoms with E-state index in [9.17, 15) is 19.7 Å². The number of aldehydes is 1. The molecule has 3 N–H and O–H groups in total. The van der Waals surface area contributed by atoms with E-state index in [0.717, 1.165) is 17.6 Å². The molecule has 1 aliphatic heterocycles. The molecule has 1 aliphatic rings. The van der Waals surface area contributed by atoms with Crippen LogP contribution in [-0.2, 0) is 4.79 Å². The third kappa shape index (κ3) is 4.23. The Morgan fingerprint density at radius 2 is 2.14 bits per heavy atom. The topological polar surface area (TPSA) is 141 Å². The minimum absolute atomic E-state index is 0.0794. The van der Waals surface area contributed by atoms with Gasteiger partial charge in [-0.15, -0.1) is 0 Å². The summed E-state index contributed by atoms with van der Waals surface area (Å²) < 4.78 is 0. The van der Waals surface area contributed by atoms with E-state index in [-0.39, 0.29) is 5.56 Å². The van der Waals surface area contributed by atoms with Gasteiger partial charge >= 0.3 is 11.7 Å². The summed E-state index contributed by atoms with van der Waals surface area (Å²) in [6.07, 6.45) is 1.70. The highest BCUT2D eigenvalue weighted by atomic mass is 16.6. The van der Waals surface area contributed by atoms with E-state index in [4.69, 9.17) is 15.4 Å². The summed E-state index contributed by atoms with van der Waals surface area (Å²) in [4.78, 5) is 29.9. The van der Waals surface area contributed by atoms with Crippen molar-refractivity contribution in [2.45, 2.75) is 18.9 Å². The highest BCUT2D eigenvalue weighted by Gasteiger charge is 2.28. The lowest BCUT2D eigenvalue weighted by Gasteiger charge is -2.11. The van der Waals surface area contributed by atoms with Crippen molar-refractivity contribution in [3.05, 3.63) is 33.9 Å².